The van der Waals surface area contributed by atoms with Gasteiger partial charge in [0.1, 0.15) is 0 Å². The first-order valence-electron chi connectivity index (χ1n) is 6.86. The summed E-state index contributed by atoms with van der Waals surface area (Å²) in [7, 11) is -2.02. The maximum absolute atomic E-state index is 12.6. The zero-order valence-electron chi connectivity index (χ0n) is 12.6. The highest BCUT2D eigenvalue weighted by molar-refractivity contribution is 7.92. The molecule has 0 radical (unpaired) electrons. The van der Waals surface area contributed by atoms with E-state index in [1.165, 1.54) is 7.05 Å². The Hall–Kier alpha value is -2.09. The zero-order chi connectivity index (χ0) is 16.3. The van der Waals surface area contributed by atoms with Gasteiger partial charge in [-0.3, -0.25) is 13.9 Å². The molecule has 1 aliphatic heterocycles. The molecular weight excluding hydrogens is 306 g/mol. The van der Waals surface area contributed by atoms with E-state index in [1.807, 2.05) is 0 Å². The monoisotopic (exact) mass is 325 g/mol. The maximum atomic E-state index is 12.6. The molecule has 0 spiro atoms. The molecular formula is C14H19N3O4S. The minimum atomic E-state index is -3.45. The Morgan fingerprint density at radius 2 is 1.77 bits per heavy atom. The van der Waals surface area contributed by atoms with Gasteiger partial charge in [0.15, 0.2) is 0 Å². The third-order valence-corrected chi connectivity index (χ3v) is 4.91. The van der Waals surface area contributed by atoms with Gasteiger partial charge in [-0.2, -0.15) is 0 Å². The largest absolute Gasteiger partial charge is 0.342 e. The van der Waals surface area contributed by atoms with E-state index < -0.39 is 10.0 Å². The van der Waals surface area contributed by atoms with Crippen LogP contribution >= 0.6 is 0 Å². The van der Waals surface area contributed by atoms with Crippen LogP contribution in [0.2, 0.25) is 0 Å². The highest BCUT2D eigenvalue weighted by Crippen LogP contribution is 2.23. The number of hydrogen-bond acceptors (Lipinski definition) is 4. The Morgan fingerprint density at radius 1 is 1.18 bits per heavy atom. The van der Waals surface area contributed by atoms with Crippen LogP contribution in [-0.4, -0.2) is 70.0 Å². The highest BCUT2D eigenvalue weighted by atomic mass is 32.2. The summed E-state index contributed by atoms with van der Waals surface area (Å²) in [5.41, 5.74) is 0.697. The Balaban J connectivity index is 2.26. The number of nitrogens with zero attached hydrogens (tertiary/aromatic N) is 3. The fourth-order valence-electron chi connectivity index (χ4n) is 2.31. The van der Waals surface area contributed by atoms with Gasteiger partial charge in [-0.05, 0) is 12.1 Å². The van der Waals surface area contributed by atoms with Crippen molar-refractivity contribution in [1.82, 2.24) is 9.80 Å². The van der Waals surface area contributed by atoms with Gasteiger partial charge in [0.05, 0.1) is 17.5 Å². The van der Waals surface area contributed by atoms with Crippen LogP contribution in [0, 0.1) is 0 Å². The van der Waals surface area contributed by atoms with Crippen LogP contribution in [0.1, 0.15) is 10.4 Å². The van der Waals surface area contributed by atoms with Crippen molar-refractivity contribution in [2.75, 3.05) is 43.8 Å². The van der Waals surface area contributed by atoms with Crippen LogP contribution in [0.5, 0.6) is 0 Å². The Bertz CT molecular complexity index is 666. The second-order valence-electron chi connectivity index (χ2n) is 5.18. The molecule has 0 N–H and O–H groups in total. The van der Waals surface area contributed by atoms with E-state index in [0.29, 0.717) is 37.4 Å². The van der Waals surface area contributed by atoms with Crippen molar-refractivity contribution in [2.24, 2.45) is 0 Å². The SMILES string of the molecule is CN(c1ccccc1C(=O)N1CCN(C=O)CC1)S(C)(=O)=O. The quantitative estimate of drug-likeness (QED) is 0.730. The van der Waals surface area contributed by atoms with Crippen molar-refractivity contribution in [3.8, 4) is 0 Å². The Labute approximate surface area is 130 Å². The molecule has 2 amide bonds. The average Bonchev–Trinajstić information content (AvgIpc) is 2.52. The summed E-state index contributed by atoms with van der Waals surface area (Å²) in [4.78, 5) is 26.6. The van der Waals surface area contributed by atoms with Crippen molar-refractivity contribution >= 4 is 28.0 Å². The molecule has 0 unspecified atom stereocenters. The molecule has 1 heterocycles. The average molecular weight is 325 g/mol. The minimum absolute atomic E-state index is 0.225. The number of amides is 2. The van der Waals surface area contributed by atoms with Crippen molar-refractivity contribution in [3.05, 3.63) is 29.8 Å². The molecule has 1 aromatic rings. The molecule has 120 valence electrons. The first kappa shape index (κ1) is 16.3. The first-order valence-corrected chi connectivity index (χ1v) is 8.71. The number of benzene rings is 1. The van der Waals surface area contributed by atoms with Crippen molar-refractivity contribution < 1.29 is 18.0 Å². The van der Waals surface area contributed by atoms with Gasteiger partial charge >= 0.3 is 0 Å². The summed E-state index contributed by atoms with van der Waals surface area (Å²) in [6, 6.07) is 6.62. The molecule has 0 aliphatic carbocycles. The highest BCUT2D eigenvalue weighted by Gasteiger charge is 2.25. The Kier molecular flexibility index (Phi) is 4.70. The molecule has 1 aromatic carbocycles. The molecule has 1 saturated heterocycles. The van der Waals surface area contributed by atoms with Crippen LogP contribution < -0.4 is 4.31 Å². The lowest BCUT2D eigenvalue weighted by molar-refractivity contribution is -0.119. The number of sulfonamides is 1. The van der Waals surface area contributed by atoms with Crippen molar-refractivity contribution in [2.45, 2.75) is 0 Å². The molecule has 0 aromatic heterocycles. The molecule has 1 fully saturated rings. The van der Waals surface area contributed by atoms with Gasteiger partial charge in [-0.25, -0.2) is 8.42 Å². The topological polar surface area (TPSA) is 78.0 Å². The van der Waals surface area contributed by atoms with Crippen LogP contribution in [0.25, 0.3) is 0 Å². The summed E-state index contributed by atoms with van der Waals surface area (Å²) in [5.74, 6) is -0.225. The molecule has 0 atom stereocenters. The number of anilines is 1. The van der Waals surface area contributed by atoms with Gasteiger partial charge < -0.3 is 9.80 Å². The van der Waals surface area contributed by atoms with E-state index in [-0.39, 0.29) is 5.91 Å². The van der Waals surface area contributed by atoms with Gasteiger partial charge in [0, 0.05) is 33.2 Å². The second kappa shape index (κ2) is 6.35. The standard InChI is InChI=1S/C14H19N3O4S/c1-15(22(2,20)21)13-6-4-3-5-12(13)14(19)17-9-7-16(11-18)8-10-17/h3-6,11H,7-10H2,1-2H3. The van der Waals surface area contributed by atoms with Gasteiger partial charge in [-0.15, -0.1) is 0 Å². The second-order valence-corrected chi connectivity index (χ2v) is 7.19. The molecule has 2 rings (SSSR count). The number of rotatable bonds is 4. The number of para-hydroxylation sites is 1. The number of hydrogen-bond donors (Lipinski definition) is 0. The summed E-state index contributed by atoms with van der Waals surface area (Å²) >= 11 is 0. The maximum Gasteiger partial charge on any atom is 0.256 e. The van der Waals surface area contributed by atoms with Crippen LogP contribution in [0.3, 0.4) is 0 Å². The van der Waals surface area contributed by atoms with Crippen LogP contribution in [0.4, 0.5) is 5.69 Å². The molecule has 7 nitrogen and oxygen atoms in total. The lowest BCUT2D eigenvalue weighted by atomic mass is 10.1. The molecule has 22 heavy (non-hydrogen) atoms. The smallest absolute Gasteiger partial charge is 0.256 e. The minimum Gasteiger partial charge on any atom is -0.342 e. The molecule has 0 saturated carbocycles. The predicted molar refractivity (Wildman–Crippen MR) is 83.2 cm³/mol. The van der Waals surface area contributed by atoms with E-state index in [0.717, 1.165) is 17.0 Å². The number of piperazine rings is 1. The van der Waals surface area contributed by atoms with Crippen LogP contribution in [0.15, 0.2) is 24.3 Å². The fraction of sp³-hybridized carbons (Fsp3) is 0.429. The van der Waals surface area contributed by atoms with Crippen LogP contribution in [-0.2, 0) is 14.8 Å². The fourth-order valence-corrected chi connectivity index (χ4v) is 2.82. The van der Waals surface area contributed by atoms with E-state index >= 15 is 0 Å². The van der Waals surface area contributed by atoms with E-state index in [4.69, 9.17) is 0 Å². The Morgan fingerprint density at radius 3 is 2.32 bits per heavy atom. The van der Waals surface area contributed by atoms with Gasteiger partial charge in [0.2, 0.25) is 16.4 Å². The summed E-state index contributed by atoms with van der Waals surface area (Å²) in [5, 5.41) is 0. The van der Waals surface area contributed by atoms with Crippen molar-refractivity contribution in [1.29, 1.82) is 0 Å². The summed E-state index contributed by atoms with van der Waals surface area (Å²) in [6.45, 7) is 1.85. The predicted octanol–water partition coefficient (Wildman–Crippen LogP) is -0.00340. The zero-order valence-corrected chi connectivity index (χ0v) is 13.4. The van der Waals surface area contributed by atoms with Gasteiger partial charge in [-0.1, -0.05) is 12.1 Å². The molecule has 0 bridgehead atoms. The number of carbonyl (C=O) groups excluding carboxylic acids is 2. The third kappa shape index (κ3) is 3.38. The summed E-state index contributed by atoms with van der Waals surface area (Å²) in [6.07, 6.45) is 1.87. The molecule has 1 aliphatic rings. The van der Waals surface area contributed by atoms with E-state index in [2.05, 4.69) is 0 Å². The third-order valence-electron chi connectivity index (χ3n) is 3.72. The normalized spacial score (nSPS) is 15.5. The van der Waals surface area contributed by atoms with E-state index in [1.54, 1.807) is 34.1 Å². The lowest BCUT2D eigenvalue weighted by Gasteiger charge is -2.33. The lowest BCUT2D eigenvalue weighted by Crippen LogP contribution is -2.48. The summed E-state index contributed by atoms with van der Waals surface area (Å²) < 4.78 is 24.5. The number of carbonyl (C=O) groups is 2. The van der Waals surface area contributed by atoms with E-state index in [9.17, 15) is 18.0 Å². The van der Waals surface area contributed by atoms with Gasteiger partial charge in [0.25, 0.3) is 5.91 Å². The molecule has 8 heteroatoms. The van der Waals surface area contributed by atoms with Crippen molar-refractivity contribution in [3.63, 3.8) is 0 Å². The first-order chi connectivity index (χ1) is 10.3.